The fourth-order valence-corrected chi connectivity index (χ4v) is 34.6. The van der Waals surface area contributed by atoms with Crippen LogP contribution in [0.2, 0.25) is 0 Å². The van der Waals surface area contributed by atoms with Gasteiger partial charge in [0.1, 0.15) is 0 Å². The van der Waals surface area contributed by atoms with Gasteiger partial charge in [0, 0.05) is 0 Å². The number of nitrogens with zero attached hydrogens (tertiary/aromatic N) is 2. The molecule has 0 amide bonds. The van der Waals surface area contributed by atoms with E-state index >= 15 is 0 Å². The Morgan fingerprint density at radius 3 is 1.28 bits per heavy atom. The Labute approximate surface area is 171 Å². The van der Waals surface area contributed by atoms with Gasteiger partial charge in [-0.05, 0) is 0 Å². The molecule has 0 unspecified atom stereocenters. The molecule has 0 aliphatic carbocycles. The second kappa shape index (κ2) is 9.60. The standard InChI is InChI=1S/2C6H5.2C3H7NS2.Sn/c2*1-2-4-6-5-3-1;2*1-4(2)3(5)6;/h2*1-5H;2*1-2H3,(H,5,6);/q;;;;+2/p-2. The van der Waals surface area contributed by atoms with Crippen LogP contribution in [0.1, 0.15) is 0 Å². The summed E-state index contributed by atoms with van der Waals surface area (Å²) in [5, 5.41) is 0. The second-order valence-electron chi connectivity index (χ2n) is 5.87. The van der Waals surface area contributed by atoms with Crippen LogP contribution in [0.25, 0.3) is 0 Å². The summed E-state index contributed by atoms with van der Waals surface area (Å²) in [5.74, 6) is 0. The summed E-state index contributed by atoms with van der Waals surface area (Å²) in [6.07, 6.45) is 0. The van der Waals surface area contributed by atoms with Crippen LogP contribution in [0.5, 0.6) is 0 Å². The van der Waals surface area contributed by atoms with Gasteiger partial charge in [-0.2, -0.15) is 0 Å². The molecule has 2 aromatic carbocycles. The molecule has 132 valence electrons. The van der Waals surface area contributed by atoms with E-state index in [4.69, 9.17) is 24.4 Å². The van der Waals surface area contributed by atoms with Crippen LogP contribution in [0.15, 0.2) is 60.7 Å². The minimum absolute atomic E-state index is 0.914. The third-order valence-corrected chi connectivity index (χ3v) is 33.1. The molecular formula is C18H22N2S4Sn. The first-order valence-corrected chi connectivity index (χ1v) is 20.1. The molecule has 25 heavy (non-hydrogen) atoms. The number of thiocarbonyl (C=S) groups is 2. The van der Waals surface area contributed by atoms with E-state index in [1.165, 1.54) is 7.16 Å². The Morgan fingerprint density at radius 2 is 1.00 bits per heavy atom. The maximum absolute atomic E-state index is 5.72. The molecule has 0 aliphatic heterocycles. The number of benzene rings is 2. The molecule has 0 spiro atoms. The zero-order valence-electron chi connectivity index (χ0n) is 14.8. The zero-order valence-corrected chi connectivity index (χ0v) is 20.9. The average Bonchev–Trinajstić information content (AvgIpc) is 2.62. The fraction of sp³-hybridized carbons (Fsp3) is 0.222. The van der Waals surface area contributed by atoms with E-state index in [9.17, 15) is 0 Å². The van der Waals surface area contributed by atoms with Gasteiger partial charge in [0.05, 0.1) is 0 Å². The van der Waals surface area contributed by atoms with Crippen molar-refractivity contribution in [3.8, 4) is 0 Å². The summed E-state index contributed by atoms with van der Waals surface area (Å²) < 4.78 is 4.59. The summed E-state index contributed by atoms with van der Waals surface area (Å²) in [4.78, 5) is 4.05. The van der Waals surface area contributed by atoms with E-state index in [-0.39, 0.29) is 0 Å². The Bertz CT molecular complexity index is 657. The van der Waals surface area contributed by atoms with Gasteiger partial charge in [-0.15, -0.1) is 0 Å². The first-order valence-electron chi connectivity index (χ1n) is 7.78. The van der Waals surface area contributed by atoms with Crippen molar-refractivity contribution >= 4 is 73.7 Å². The Kier molecular flexibility index (Phi) is 8.07. The Hall–Kier alpha value is -0.281. The Morgan fingerprint density at radius 1 is 0.680 bits per heavy atom. The summed E-state index contributed by atoms with van der Waals surface area (Å²) in [6, 6.07) is 21.5. The van der Waals surface area contributed by atoms with Crippen molar-refractivity contribution in [2.75, 3.05) is 28.2 Å². The third-order valence-electron chi connectivity index (χ3n) is 3.50. The van der Waals surface area contributed by atoms with Crippen LogP contribution in [0.4, 0.5) is 0 Å². The predicted molar refractivity (Wildman–Crippen MR) is 126 cm³/mol. The van der Waals surface area contributed by atoms with Crippen molar-refractivity contribution in [3.63, 3.8) is 0 Å². The van der Waals surface area contributed by atoms with Gasteiger partial charge in [-0.3, -0.25) is 0 Å². The molecule has 2 aromatic rings. The molecule has 7 heteroatoms. The number of rotatable bonds is 4. The molecule has 0 aromatic heterocycles. The molecule has 0 bridgehead atoms. The van der Waals surface area contributed by atoms with Crippen LogP contribution < -0.4 is 7.16 Å². The van der Waals surface area contributed by atoms with Crippen LogP contribution >= 0.6 is 42.3 Å². The van der Waals surface area contributed by atoms with Crippen LogP contribution in [-0.2, 0) is 0 Å². The van der Waals surface area contributed by atoms with Gasteiger partial charge < -0.3 is 0 Å². The summed E-state index contributed by atoms with van der Waals surface area (Å²) in [6.45, 7) is 0. The summed E-state index contributed by atoms with van der Waals surface area (Å²) >= 11 is 8.13. The van der Waals surface area contributed by atoms with E-state index in [1.807, 2.05) is 55.9 Å². The van der Waals surface area contributed by atoms with E-state index in [0.717, 1.165) is 8.64 Å². The van der Waals surface area contributed by atoms with Gasteiger partial charge in [0.25, 0.3) is 0 Å². The summed E-state index contributed by atoms with van der Waals surface area (Å²) in [5.41, 5.74) is 0. The molecule has 0 aliphatic rings. The average molecular weight is 513 g/mol. The number of hydrogen-bond acceptors (Lipinski definition) is 4. The van der Waals surface area contributed by atoms with Crippen molar-refractivity contribution < 1.29 is 0 Å². The van der Waals surface area contributed by atoms with Crippen molar-refractivity contribution in [1.29, 1.82) is 0 Å². The predicted octanol–water partition coefficient (Wildman–Crippen LogP) is 3.40. The minimum atomic E-state index is -3.30. The quantitative estimate of drug-likeness (QED) is 0.454. The third kappa shape index (κ3) is 5.35. The monoisotopic (exact) mass is 514 g/mol. The molecule has 0 N–H and O–H groups in total. The molecule has 0 heterocycles. The molecule has 0 atom stereocenters. The van der Waals surface area contributed by atoms with E-state index in [1.54, 1.807) is 0 Å². The molecule has 0 radical (unpaired) electrons. The van der Waals surface area contributed by atoms with Gasteiger partial charge in [0.15, 0.2) is 0 Å². The van der Waals surface area contributed by atoms with Gasteiger partial charge in [-0.25, -0.2) is 0 Å². The Balaban J connectivity index is 2.64. The molecule has 2 nitrogen and oxygen atoms in total. The van der Waals surface area contributed by atoms with Crippen LogP contribution in [0.3, 0.4) is 0 Å². The number of hydrogen-bond donors (Lipinski definition) is 0. The fourth-order valence-electron chi connectivity index (χ4n) is 2.17. The van der Waals surface area contributed by atoms with Gasteiger partial charge in [-0.1, -0.05) is 0 Å². The van der Waals surface area contributed by atoms with Crippen molar-refractivity contribution in [1.82, 2.24) is 9.80 Å². The van der Waals surface area contributed by atoms with E-state index < -0.39 is 15.6 Å². The zero-order chi connectivity index (χ0) is 18.4. The van der Waals surface area contributed by atoms with Crippen molar-refractivity contribution in [2.24, 2.45) is 0 Å². The summed E-state index contributed by atoms with van der Waals surface area (Å²) in [7, 11) is 11.8. The molecule has 0 saturated heterocycles. The maximum atomic E-state index is 5.72. The van der Waals surface area contributed by atoms with E-state index in [2.05, 4.69) is 60.7 Å². The van der Waals surface area contributed by atoms with Crippen LogP contribution in [0, 0.1) is 0 Å². The topological polar surface area (TPSA) is 6.48 Å². The van der Waals surface area contributed by atoms with Gasteiger partial charge in [0.2, 0.25) is 0 Å². The first-order chi connectivity index (χ1) is 11.9. The van der Waals surface area contributed by atoms with Crippen molar-refractivity contribution in [2.45, 2.75) is 0 Å². The van der Waals surface area contributed by atoms with E-state index in [0.29, 0.717) is 0 Å². The van der Waals surface area contributed by atoms with Crippen LogP contribution in [-0.4, -0.2) is 62.2 Å². The SMILES string of the molecule is CN(C)C(=S)[S][Sn]([S]C(=S)N(C)C)([c]1ccccc1)[c]1ccccc1. The second-order valence-corrected chi connectivity index (χ2v) is 28.6. The molecular weight excluding hydrogens is 491 g/mol. The molecule has 0 saturated carbocycles. The first kappa shape index (κ1) is 21.0. The molecule has 2 rings (SSSR count). The van der Waals surface area contributed by atoms with Gasteiger partial charge >= 0.3 is 172 Å². The molecule has 0 fully saturated rings. The van der Waals surface area contributed by atoms with Crippen molar-refractivity contribution in [3.05, 3.63) is 60.7 Å². The normalized spacial score (nSPS) is 11.0.